The number of hydrogen-bond donors (Lipinski definition) is 2. The van der Waals surface area contributed by atoms with Crippen LogP contribution in [-0.4, -0.2) is 31.8 Å². The molecule has 4 aromatic rings. The van der Waals surface area contributed by atoms with Crippen molar-refractivity contribution in [1.82, 2.24) is 19.7 Å². The normalized spacial score (nSPS) is 12.5. The minimum Gasteiger partial charge on any atom is -0.383 e. The minimum absolute atomic E-state index is 0.00411. The Bertz CT molecular complexity index is 1370. The predicted octanol–water partition coefficient (Wildman–Crippen LogP) is 5.27. The number of fused-ring (bicyclic) bond motifs is 1. The van der Waals surface area contributed by atoms with E-state index in [0.29, 0.717) is 11.4 Å². The van der Waals surface area contributed by atoms with Crippen molar-refractivity contribution in [2.75, 3.05) is 11.1 Å². The van der Waals surface area contributed by atoms with E-state index in [1.165, 1.54) is 6.33 Å². The van der Waals surface area contributed by atoms with E-state index in [-0.39, 0.29) is 24.0 Å². The molecule has 8 nitrogen and oxygen atoms in total. The highest BCUT2D eigenvalue weighted by Gasteiger charge is 2.51. The first kappa shape index (κ1) is 24.2. The molecule has 0 saturated carbocycles. The molecule has 3 aromatic heterocycles. The van der Waals surface area contributed by atoms with Gasteiger partial charge in [-0.25, -0.2) is 9.97 Å². The maximum Gasteiger partial charge on any atom is 0.401 e. The maximum absolute atomic E-state index is 13.2. The molecule has 0 unspecified atom stereocenters. The summed E-state index contributed by atoms with van der Waals surface area (Å²) in [7, 11) is 0. The van der Waals surface area contributed by atoms with Gasteiger partial charge in [0.15, 0.2) is 11.6 Å². The van der Waals surface area contributed by atoms with Gasteiger partial charge in [-0.1, -0.05) is 29.4 Å². The number of nitrogen functional groups attached to an aromatic ring is 1. The fourth-order valence-corrected chi connectivity index (χ4v) is 3.66. The van der Waals surface area contributed by atoms with Gasteiger partial charge in [0.05, 0.1) is 11.8 Å². The molecule has 1 aromatic carbocycles. The van der Waals surface area contributed by atoms with Gasteiger partial charge in [0.2, 0.25) is 5.91 Å². The summed E-state index contributed by atoms with van der Waals surface area (Å²) in [5.41, 5.74) is 7.12. The molecule has 184 valence electrons. The van der Waals surface area contributed by atoms with Crippen LogP contribution in [0.1, 0.15) is 45.1 Å². The zero-order chi connectivity index (χ0) is 25.5. The number of nitrogens with one attached hydrogen (secondary N) is 1. The lowest BCUT2D eigenvalue weighted by Crippen LogP contribution is -2.35. The molecule has 0 radical (unpaired) electrons. The Morgan fingerprint density at radius 3 is 2.49 bits per heavy atom. The van der Waals surface area contributed by atoms with Gasteiger partial charge >= 0.3 is 6.18 Å². The number of benzene rings is 1. The van der Waals surface area contributed by atoms with E-state index in [1.807, 2.05) is 36.7 Å². The van der Waals surface area contributed by atoms with Crippen molar-refractivity contribution in [2.24, 2.45) is 0 Å². The lowest BCUT2D eigenvalue weighted by molar-refractivity contribution is -0.185. The first-order chi connectivity index (χ1) is 16.4. The molecule has 0 aliphatic heterocycles. The van der Waals surface area contributed by atoms with Gasteiger partial charge in [0.1, 0.15) is 23.2 Å². The second-order valence-corrected chi connectivity index (χ2v) is 9.12. The van der Waals surface area contributed by atoms with Crippen LogP contribution in [0, 0.1) is 0 Å². The average Bonchev–Trinajstić information content (AvgIpc) is 3.39. The van der Waals surface area contributed by atoms with Crippen LogP contribution in [0.3, 0.4) is 0 Å². The third kappa shape index (κ3) is 4.58. The molecule has 0 spiro atoms. The topological polar surface area (TPSA) is 112 Å². The summed E-state index contributed by atoms with van der Waals surface area (Å²) in [6.07, 6.45) is -1.10. The van der Waals surface area contributed by atoms with Crippen LogP contribution in [0.15, 0.2) is 47.4 Å². The number of nitrogens with two attached hydrogens (primary N) is 1. The van der Waals surface area contributed by atoms with Crippen molar-refractivity contribution in [3.05, 3.63) is 54.2 Å². The number of hydrogen-bond acceptors (Lipinski definition) is 6. The molecule has 35 heavy (non-hydrogen) atoms. The number of alkyl halides is 3. The molecule has 0 fully saturated rings. The van der Waals surface area contributed by atoms with Gasteiger partial charge in [-0.05, 0) is 38.8 Å². The molecular formula is C24H25F3N6O2. The summed E-state index contributed by atoms with van der Waals surface area (Å²) >= 11 is 0. The number of amides is 1. The molecule has 0 aliphatic carbocycles. The molecule has 11 heteroatoms. The lowest BCUT2D eigenvalue weighted by Gasteiger charge is -2.24. The van der Waals surface area contributed by atoms with Crippen LogP contribution in [0.4, 0.5) is 24.8 Å². The molecule has 3 heterocycles. The molecule has 3 N–H and O–H groups in total. The van der Waals surface area contributed by atoms with E-state index in [2.05, 4.69) is 20.4 Å². The van der Waals surface area contributed by atoms with E-state index < -0.39 is 17.5 Å². The fraction of sp³-hybridized carbons (Fsp3) is 0.333. The average molecular weight is 486 g/mol. The zero-order valence-corrected chi connectivity index (χ0v) is 19.6. The molecule has 0 aliphatic rings. The minimum atomic E-state index is -4.52. The van der Waals surface area contributed by atoms with Gasteiger partial charge in [0, 0.05) is 23.9 Å². The number of carbonyl (C=O) groups excluding carboxylic acids is 1. The van der Waals surface area contributed by atoms with Crippen LogP contribution in [0.2, 0.25) is 0 Å². The molecule has 0 atom stereocenters. The number of aromatic nitrogens is 4. The van der Waals surface area contributed by atoms with Crippen LogP contribution < -0.4 is 11.1 Å². The van der Waals surface area contributed by atoms with E-state index in [1.54, 1.807) is 12.1 Å². The summed E-state index contributed by atoms with van der Waals surface area (Å²) in [6.45, 7) is 6.06. The van der Waals surface area contributed by atoms with Gasteiger partial charge in [-0.3, -0.25) is 4.79 Å². The molecule has 0 bridgehead atoms. The molecule has 0 saturated heterocycles. The van der Waals surface area contributed by atoms with Crippen molar-refractivity contribution in [3.63, 3.8) is 0 Å². The van der Waals surface area contributed by atoms with Gasteiger partial charge in [0.25, 0.3) is 0 Å². The highest BCUT2D eigenvalue weighted by atomic mass is 19.4. The summed E-state index contributed by atoms with van der Waals surface area (Å²) in [4.78, 5) is 20.9. The third-order valence-corrected chi connectivity index (χ3v) is 5.93. The second kappa shape index (κ2) is 8.71. The number of nitrogens with zero attached hydrogens (tertiary/aromatic N) is 4. The molecule has 1 amide bonds. The summed E-state index contributed by atoms with van der Waals surface area (Å²) < 4.78 is 46.4. The number of anilines is 2. The van der Waals surface area contributed by atoms with Crippen LogP contribution in [0.5, 0.6) is 0 Å². The lowest BCUT2D eigenvalue weighted by atomic mass is 9.89. The predicted molar refractivity (Wildman–Crippen MR) is 126 cm³/mol. The van der Waals surface area contributed by atoms with Crippen molar-refractivity contribution >= 4 is 28.6 Å². The van der Waals surface area contributed by atoms with Crippen LogP contribution in [-0.2, 0) is 16.6 Å². The van der Waals surface area contributed by atoms with Gasteiger partial charge < -0.3 is 20.1 Å². The van der Waals surface area contributed by atoms with E-state index in [0.717, 1.165) is 42.1 Å². The van der Waals surface area contributed by atoms with Gasteiger partial charge in [-0.15, -0.1) is 0 Å². The number of rotatable bonds is 6. The number of halogens is 3. The smallest absolute Gasteiger partial charge is 0.383 e. The largest absolute Gasteiger partial charge is 0.401 e. The molecular weight excluding hydrogens is 461 g/mol. The van der Waals surface area contributed by atoms with E-state index in [9.17, 15) is 18.0 Å². The summed E-state index contributed by atoms with van der Waals surface area (Å²) in [5.74, 6) is -0.505. The van der Waals surface area contributed by atoms with E-state index in [4.69, 9.17) is 10.3 Å². The zero-order valence-electron chi connectivity index (χ0n) is 19.6. The van der Waals surface area contributed by atoms with Gasteiger partial charge in [-0.2, -0.15) is 13.2 Å². The molecule has 4 rings (SSSR count). The van der Waals surface area contributed by atoms with Crippen molar-refractivity contribution < 1.29 is 22.5 Å². The SMILES string of the molecule is CC(C)n1cc(-c2ccc(CC(=O)Nc3cc(C(C)(C)C(F)(F)F)on3)cc2)c2c(N)ncnc21. The third-order valence-electron chi connectivity index (χ3n) is 5.93. The highest BCUT2D eigenvalue weighted by Crippen LogP contribution is 2.41. The summed E-state index contributed by atoms with van der Waals surface area (Å²) in [5, 5.41) is 6.79. The Morgan fingerprint density at radius 2 is 1.86 bits per heavy atom. The van der Waals surface area contributed by atoms with Crippen molar-refractivity contribution in [3.8, 4) is 11.1 Å². The second-order valence-electron chi connectivity index (χ2n) is 9.12. The first-order valence-corrected chi connectivity index (χ1v) is 10.9. The monoisotopic (exact) mass is 486 g/mol. The quantitative estimate of drug-likeness (QED) is 0.384. The fourth-order valence-electron chi connectivity index (χ4n) is 3.66. The Labute approximate surface area is 199 Å². The highest BCUT2D eigenvalue weighted by molar-refractivity contribution is 6.00. The van der Waals surface area contributed by atoms with Crippen LogP contribution in [0.25, 0.3) is 22.2 Å². The Kier molecular flexibility index (Phi) is 6.04. The standard InChI is InChI=1S/C24H25F3N6O2/c1-13(2)33-11-16(20-21(28)29-12-30-22(20)33)15-7-5-14(6-8-15)9-19(34)31-18-10-17(35-32-18)23(3,4)24(25,26)27/h5-8,10-13H,9H2,1-4H3,(H2,28,29,30)(H,31,32,34). The Balaban J connectivity index is 1.50. The van der Waals surface area contributed by atoms with Crippen LogP contribution >= 0.6 is 0 Å². The Hall–Kier alpha value is -3.89. The van der Waals surface area contributed by atoms with Crippen molar-refractivity contribution in [1.29, 1.82) is 0 Å². The number of carbonyl (C=O) groups is 1. The summed E-state index contributed by atoms with van der Waals surface area (Å²) in [6, 6.07) is 8.60. The Morgan fingerprint density at radius 1 is 1.17 bits per heavy atom. The maximum atomic E-state index is 13.2. The van der Waals surface area contributed by atoms with E-state index >= 15 is 0 Å². The first-order valence-electron chi connectivity index (χ1n) is 10.9. The van der Waals surface area contributed by atoms with Crippen molar-refractivity contribution in [2.45, 2.75) is 51.7 Å².